The minimum atomic E-state index is -0.442. The number of nitrogens with one attached hydrogen (secondary N) is 1. The van der Waals surface area contributed by atoms with Crippen LogP contribution >= 0.6 is 0 Å². The quantitative estimate of drug-likeness (QED) is 0.292. The summed E-state index contributed by atoms with van der Waals surface area (Å²) in [7, 11) is 1.63. The van der Waals surface area contributed by atoms with E-state index in [0.29, 0.717) is 11.5 Å². The molecule has 0 aliphatic carbocycles. The standard InChI is InChI=1S/C20H33N5O3/c1-5-6-7-11-17(21-12-9-8-10-15(2)3)16-14-28-23-19(16)20-22-13-18(24(20)4)25(26)27/h13-15,17,21H,5-12H2,1-4H3. The van der Waals surface area contributed by atoms with Gasteiger partial charge in [-0.1, -0.05) is 58.0 Å². The van der Waals surface area contributed by atoms with Crippen LogP contribution < -0.4 is 5.32 Å². The number of unbranched alkanes of at least 4 members (excludes halogenated alkanes) is 3. The van der Waals surface area contributed by atoms with Crippen molar-refractivity contribution >= 4 is 5.82 Å². The molecule has 2 heterocycles. The Hall–Kier alpha value is -2.22. The van der Waals surface area contributed by atoms with Crippen LogP contribution in [-0.4, -0.2) is 26.2 Å². The van der Waals surface area contributed by atoms with E-state index in [0.717, 1.165) is 43.7 Å². The van der Waals surface area contributed by atoms with Crippen molar-refractivity contribution in [3.05, 3.63) is 28.1 Å². The number of aromatic nitrogens is 3. The third-order valence-corrected chi connectivity index (χ3v) is 5.03. The van der Waals surface area contributed by atoms with Crippen molar-refractivity contribution in [2.75, 3.05) is 6.54 Å². The highest BCUT2D eigenvalue weighted by Crippen LogP contribution is 2.31. The molecule has 0 saturated heterocycles. The van der Waals surface area contributed by atoms with E-state index >= 15 is 0 Å². The smallest absolute Gasteiger partial charge is 0.342 e. The second-order valence-corrected chi connectivity index (χ2v) is 7.77. The Morgan fingerprint density at radius 3 is 2.64 bits per heavy atom. The van der Waals surface area contributed by atoms with Crippen LogP contribution in [-0.2, 0) is 7.05 Å². The lowest BCUT2D eigenvalue weighted by Crippen LogP contribution is -2.23. The van der Waals surface area contributed by atoms with Crippen molar-refractivity contribution < 1.29 is 9.45 Å². The summed E-state index contributed by atoms with van der Waals surface area (Å²) in [5, 5.41) is 18.9. The van der Waals surface area contributed by atoms with Crippen LogP contribution in [0.5, 0.6) is 0 Å². The molecule has 2 aromatic rings. The molecule has 0 amide bonds. The zero-order valence-electron chi connectivity index (χ0n) is 17.5. The van der Waals surface area contributed by atoms with Crippen LogP contribution in [0, 0.1) is 16.0 Å². The van der Waals surface area contributed by atoms with Gasteiger partial charge in [0.2, 0.25) is 0 Å². The van der Waals surface area contributed by atoms with Gasteiger partial charge in [-0.15, -0.1) is 0 Å². The van der Waals surface area contributed by atoms with Gasteiger partial charge in [0, 0.05) is 11.6 Å². The SMILES string of the molecule is CCCCCC(NCCCCC(C)C)c1conc1-c1ncc([N+](=O)[O-])n1C. The van der Waals surface area contributed by atoms with E-state index in [-0.39, 0.29) is 11.9 Å². The first kappa shape index (κ1) is 22.1. The molecule has 0 aromatic carbocycles. The summed E-state index contributed by atoms with van der Waals surface area (Å²) in [6.45, 7) is 7.61. The van der Waals surface area contributed by atoms with Crippen molar-refractivity contribution in [3.63, 3.8) is 0 Å². The van der Waals surface area contributed by atoms with Gasteiger partial charge in [0.05, 0.1) is 7.05 Å². The van der Waals surface area contributed by atoms with Crippen LogP contribution in [0.3, 0.4) is 0 Å². The fourth-order valence-electron chi connectivity index (χ4n) is 3.37. The van der Waals surface area contributed by atoms with Crippen molar-refractivity contribution in [1.29, 1.82) is 0 Å². The van der Waals surface area contributed by atoms with Gasteiger partial charge in [0.1, 0.15) is 12.5 Å². The van der Waals surface area contributed by atoms with Gasteiger partial charge in [-0.2, -0.15) is 0 Å². The molecule has 1 atom stereocenters. The average Bonchev–Trinajstić information content (AvgIpc) is 3.26. The van der Waals surface area contributed by atoms with Crippen LogP contribution in [0.1, 0.15) is 77.3 Å². The number of imidazole rings is 1. The first-order valence-electron chi connectivity index (χ1n) is 10.3. The molecule has 1 N–H and O–H groups in total. The number of rotatable bonds is 13. The topological polar surface area (TPSA) is 99.0 Å². The first-order chi connectivity index (χ1) is 13.5. The summed E-state index contributed by atoms with van der Waals surface area (Å²) >= 11 is 0. The summed E-state index contributed by atoms with van der Waals surface area (Å²) in [6.07, 6.45) is 10.9. The summed E-state index contributed by atoms with van der Waals surface area (Å²) < 4.78 is 6.71. The Balaban J connectivity index is 2.14. The number of hydrogen-bond donors (Lipinski definition) is 1. The van der Waals surface area contributed by atoms with Crippen LogP contribution in [0.2, 0.25) is 0 Å². The molecule has 0 radical (unpaired) electrons. The fourth-order valence-corrected chi connectivity index (χ4v) is 3.37. The second kappa shape index (κ2) is 10.9. The molecule has 0 bridgehead atoms. The first-order valence-corrected chi connectivity index (χ1v) is 10.3. The molecule has 0 aliphatic heterocycles. The zero-order valence-corrected chi connectivity index (χ0v) is 17.5. The lowest BCUT2D eigenvalue weighted by Gasteiger charge is -2.18. The highest BCUT2D eigenvalue weighted by Gasteiger charge is 2.27. The van der Waals surface area contributed by atoms with E-state index in [1.807, 2.05) is 0 Å². The van der Waals surface area contributed by atoms with Crippen molar-refractivity contribution in [2.45, 2.75) is 71.8 Å². The molecular formula is C20H33N5O3. The Bertz CT molecular complexity index is 738. The molecule has 8 nitrogen and oxygen atoms in total. The molecule has 0 spiro atoms. The lowest BCUT2D eigenvalue weighted by atomic mass is 10.00. The Kier molecular flexibility index (Phi) is 8.63. The van der Waals surface area contributed by atoms with Gasteiger partial charge in [-0.05, 0) is 30.2 Å². The number of nitro groups is 1. The highest BCUT2D eigenvalue weighted by atomic mass is 16.6. The minimum absolute atomic E-state index is 0.0619. The molecule has 0 saturated carbocycles. The van der Waals surface area contributed by atoms with Gasteiger partial charge >= 0.3 is 5.82 Å². The van der Waals surface area contributed by atoms with Crippen molar-refractivity contribution in [3.8, 4) is 11.5 Å². The highest BCUT2D eigenvalue weighted by molar-refractivity contribution is 5.57. The molecule has 1 unspecified atom stereocenters. The predicted molar refractivity (Wildman–Crippen MR) is 109 cm³/mol. The largest absolute Gasteiger partial charge is 0.364 e. The monoisotopic (exact) mass is 391 g/mol. The van der Waals surface area contributed by atoms with E-state index in [9.17, 15) is 10.1 Å². The number of hydrogen-bond acceptors (Lipinski definition) is 6. The molecule has 28 heavy (non-hydrogen) atoms. The van der Waals surface area contributed by atoms with Crippen LogP contribution in [0.15, 0.2) is 17.0 Å². The van der Waals surface area contributed by atoms with Crippen molar-refractivity contribution in [1.82, 2.24) is 20.0 Å². The summed E-state index contributed by atoms with van der Waals surface area (Å²) in [6, 6.07) is 0.0996. The molecular weight excluding hydrogens is 358 g/mol. The minimum Gasteiger partial charge on any atom is -0.364 e. The molecule has 2 rings (SSSR count). The molecule has 2 aromatic heterocycles. The maximum Gasteiger partial charge on any atom is 0.342 e. The van der Waals surface area contributed by atoms with E-state index in [1.54, 1.807) is 13.3 Å². The van der Waals surface area contributed by atoms with Gasteiger partial charge in [0.15, 0.2) is 5.69 Å². The van der Waals surface area contributed by atoms with Gasteiger partial charge in [0.25, 0.3) is 5.82 Å². The molecule has 0 fully saturated rings. The predicted octanol–water partition coefficient (Wildman–Crippen LogP) is 5.02. The molecule has 8 heteroatoms. The maximum atomic E-state index is 11.1. The fraction of sp³-hybridized carbons (Fsp3) is 0.700. The van der Waals surface area contributed by atoms with E-state index < -0.39 is 4.92 Å². The maximum absolute atomic E-state index is 11.1. The van der Waals surface area contributed by atoms with Crippen LogP contribution in [0.25, 0.3) is 11.5 Å². The van der Waals surface area contributed by atoms with Crippen molar-refractivity contribution in [2.24, 2.45) is 13.0 Å². The average molecular weight is 392 g/mol. The third kappa shape index (κ3) is 5.89. The Labute approximate surface area is 166 Å². The van der Waals surface area contributed by atoms with E-state index in [4.69, 9.17) is 4.52 Å². The summed E-state index contributed by atoms with van der Waals surface area (Å²) in [5.41, 5.74) is 1.50. The molecule has 0 aliphatic rings. The zero-order chi connectivity index (χ0) is 20.5. The number of nitrogens with zero attached hydrogens (tertiary/aromatic N) is 4. The Morgan fingerprint density at radius 1 is 1.25 bits per heavy atom. The third-order valence-electron chi connectivity index (χ3n) is 5.03. The summed E-state index contributed by atoms with van der Waals surface area (Å²) in [4.78, 5) is 14.9. The van der Waals surface area contributed by atoms with Crippen LogP contribution in [0.4, 0.5) is 5.82 Å². The summed E-state index contributed by atoms with van der Waals surface area (Å²) in [5.74, 6) is 1.12. The van der Waals surface area contributed by atoms with E-state index in [1.165, 1.54) is 30.0 Å². The van der Waals surface area contributed by atoms with Gasteiger partial charge in [-0.25, -0.2) is 9.55 Å². The van der Waals surface area contributed by atoms with Gasteiger partial charge < -0.3 is 20.0 Å². The normalized spacial score (nSPS) is 12.6. The van der Waals surface area contributed by atoms with E-state index in [2.05, 4.69) is 36.2 Å². The molecule has 156 valence electrons. The second-order valence-electron chi connectivity index (χ2n) is 7.77. The lowest BCUT2D eigenvalue weighted by molar-refractivity contribution is -0.391. The Morgan fingerprint density at radius 2 is 2.00 bits per heavy atom. The van der Waals surface area contributed by atoms with Gasteiger partial charge in [-0.3, -0.25) is 0 Å².